The minimum absolute atomic E-state index is 0.142. The van der Waals surface area contributed by atoms with Gasteiger partial charge in [0.2, 0.25) is 0 Å². The van der Waals surface area contributed by atoms with E-state index in [9.17, 15) is 4.79 Å². The minimum atomic E-state index is -0.372. The maximum Gasteiger partial charge on any atom is 0.323 e. The lowest BCUT2D eigenvalue weighted by Crippen LogP contribution is -2.57. The van der Waals surface area contributed by atoms with Crippen LogP contribution >= 0.6 is 0 Å². The third kappa shape index (κ3) is 1.33. The third-order valence-electron chi connectivity index (χ3n) is 3.91. The molecule has 2 N–H and O–H groups in total. The number of piperidine rings is 1. The van der Waals surface area contributed by atoms with Gasteiger partial charge < -0.3 is 9.80 Å². The van der Waals surface area contributed by atoms with Crippen molar-refractivity contribution >= 4 is 11.9 Å². The molecular formula is C10H18N4O. The number of carbonyl (C=O) groups is 1. The molecule has 0 aromatic carbocycles. The van der Waals surface area contributed by atoms with Crippen LogP contribution in [-0.4, -0.2) is 53.9 Å². The molecule has 0 radical (unpaired) electrons. The molecule has 0 bridgehead atoms. The van der Waals surface area contributed by atoms with Gasteiger partial charge in [0.25, 0.3) is 0 Å². The lowest BCUT2D eigenvalue weighted by atomic mass is 9.82. The number of likely N-dealkylation sites (tertiary alicyclic amines) is 1. The van der Waals surface area contributed by atoms with E-state index in [4.69, 9.17) is 5.41 Å². The average Bonchev–Trinajstić information content (AvgIpc) is 2.38. The van der Waals surface area contributed by atoms with Crippen LogP contribution in [0.25, 0.3) is 0 Å². The van der Waals surface area contributed by atoms with E-state index in [0.29, 0.717) is 11.9 Å². The normalized spacial score (nSPS) is 37.5. The van der Waals surface area contributed by atoms with Crippen molar-refractivity contribution < 1.29 is 4.79 Å². The number of amides is 2. The summed E-state index contributed by atoms with van der Waals surface area (Å²) in [6.45, 7) is 3.08. The van der Waals surface area contributed by atoms with Crippen molar-refractivity contribution in [2.24, 2.45) is 0 Å². The van der Waals surface area contributed by atoms with Crippen molar-refractivity contribution in [2.75, 3.05) is 20.6 Å². The van der Waals surface area contributed by atoms with Crippen molar-refractivity contribution in [3.63, 3.8) is 0 Å². The highest BCUT2D eigenvalue weighted by molar-refractivity contribution is 6.08. The molecule has 0 saturated carbocycles. The highest BCUT2D eigenvalue weighted by Gasteiger charge is 2.50. The molecule has 2 saturated heterocycles. The number of rotatable bonds is 0. The summed E-state index contributed by atoms with van der Waals surface area (Å²) in [6, 6.07) is 0.269. The third-order valence-corrected chi connectivity index (χ3v) is 3.91. The van der Waals surface area contributed by atoms with E-state index in [0.717, 1.165) is 19.4 Å². The fourth-order valence-electron chi connectivity index (χ4n) is 2.53. The highest BCUT2D eigenvalue weighted by atomic mass is 16.2. The minimum Gasteiger partial charge on any atom is -0.315 e. The van der Waals surface area contributed by atoms with Crippen LogP contribution in [0.15, 0.2) is 0 Å². The number of likely N-dealkylation sites (N-methyl/N-ethyl adjacent to an activating group) is 1. The van der Waals surface area contributed by atoms with Crippen LogP contribution in [0.2, 0.25) is 0 Å². The molecule has 2 unspecified atom stereocenters. The van der Waals surface area contributed by atoms with E-state index in [-0.39, 0.29) is 11.6 Å². The number of amidine groups is 1. The Morgan fingerprint density at radius 2 is 2.20 bits per heavy atom. The van der Waals surface area contributed by atoms with Crippen LogP contribution in [0, 0.1) is 5.41 Å². The first-order valence-electron chi connectivity index (χ1n) is 5.31. The first-order valence-corrected chi connectivity index (χ1v) is 5.31. The second-order valence-corrected chi connectivity index (χ2v) is 4.68. The average molecular weight is 210 g/mol. The fraction of sp³-hybridized carbons (Fsp3) is 0.800. The van der Waals surface area contributed by atoms with Crippen molar-refractivity contribution in [3.05, 3.63) is 0 Å². The lowest BCUT2D eigenvalue weighted by Gasteiger charge is -2.44. The zero-order chi connectivity index (χ0) is 11.2. The topological polar surface area (TPSA) is 59.4 Å². The van der Waals surface area contributed by atoms with Crippen molar-refractivity contribution in [1.29, 1.82) is 5.41 Å². The van der Waals surface area contributed by atoms with Gasteiger partial charge in [0.15, 0.2) is 0 Å². The summed E-state index contributed by atoms with van der Waals surface area (Å²) >= 11 is 0. The van der Waals surface area contributed by atoms with Crippen molar-refractivity contribution in [1.82, 2.24) is 15.1 Å². The van der Waals surface area contributed by atoms with Gasteiger partial charge >= 0.3 is 6.03 Å². The first kappa shape index (κ1) is 10.4. The van der Waals surface area contributed by atoms with Crippen LogP contribution in [0.1, 0.15) is 19.8 Å². The van der Waals surface area contributed by atoms with Gasteiger partial charge in [0.05, 0.1) is 0 Å². The van der Waals surface area contributed by atoms with E-state index in [1.165, 1.54) is 0 Å². The Labute approximate surface area is 89.9 Å². The Bertz CT molecular complexity index is 317. The number of nitrogens with one attached hydrogen (secondary N) is 2. The molecule has 2 fully saturated rings. The predicted molar refractivity (Wildman–Crippen MR) is 58.1 cm³/mol. The summed E-state index contributed by atoms with van der Waals surface area (Å²) in [6.07, 6.45) is 1.69. The van der Waals surface area contributed by atoms with Crippen LogP contribution in [0.4, 0.5) is 4.79 Å². The summed E-state index contributed by atoms with van der Waals surface area (Å²) in [5.74, 6) is 0.370. The molecule has 1 spiro atoms. The summed E-state index contributed by atoms with van der Waals surface area (Å²) in [5, 5.41) is 10.5. The molecule has 0 aromatic heterocycles. The standard InChI is InChI=1S/C10H18N4O/c1-7-6-10(4-5-13(7)2)8(11)12-9(15)14(10)3/h7H,4-6H2,1-3H3,(H2,11,12,15). The number of urea groups is 1. The Hall–Kier alpha value is -1.10. The number of hydrogen-bond acceptors (Lipinski definition) is 3. The van der Waals surface area contributed by atoms with Crippen LogP contribution in [0.3, 0.4) is 0 Å². The van der Waals surface area contributed by atoms with Gasteiger partial charge in [0.1, 0.15) is 11.4 Å². The number of carbonyl (C=O) groups excluding carboxylic acids is 1. The molecule has 2 aliphatic heterocycles. The molecule has 2 amide bonds. The Balaban J connectivity index is 2.27. The molecular weight excluding hydrogens is 192 g/mol. The van der Waals surface area contributed by atoms with Crippen molar-refractivity contribution in [3.8, 4) is 0 Å². The Morgan fingerprint density at radius 3 is 2.67 bits per heavy atom. The summed E-state index contributed by atoms with van der Waals surface area (Å²) < 4.78 is 0. The van der Waals surface area contributed by atoms with Gasteiger partial charge in [-0.05, 0) is 26.8 Å². The Morgan fingerprint density at radius 1 is 1.53 bits per heavy atom. The van der Waals surface area contributed by atoms with Gasteiger partial charge in [-0.25, -0.2) is 4.79 Å². The van der Waals surface area contributed by atoms with Crippen LogP contribution < -0.4 is 5.32 Å². The van der Waals surface area contributed by atoms with E-state index in [2.05, 4.69) is 24.2 Å². The van der Waals surface area contributed by atoms with Crippen LogP contribution in [0.5, 0.6) is 0 Å². The number of hydrogen-bond donors (Lipinski definition) is 2. The maximum absolute atomic E-state index is 11.5. The second kappa shape index (κ2) is 3.20. The van der Waals surface area contributed by atoms with Gasteiger partial charge in [-0.15, -0.1) is 0 Å². The van der Waals surface area contributed by atoms with Gasteiger partial charge in [0, 0.05) is 19.6 Å². The van der Waals surface area contributed by atoms with Crippen LogP contribution in [-0.2, 0) is 0 Å². The summed E-state index contributed by atoms with van der Waals surface area (Å²) in [4.78, 5) is 15.5. The Kier molecular flexibility index (Phi) is 2.22. The molecule has 15 heavy (non-hydrogen) atoms. The quantitative estimate of drug-likeness (QED) is 0.610. The van der Waals surface area contributed by atoms with Crippen molar-refractivity contribution in [2.45, 2.75) is 31.3 Å². The van der Waals surface area contributed by atoms with E-state index in [1.54, 1.807) is 11.9 Å². The molecule has 2 rings (SSSR count). The van der Waals surface area contributed by atoms with Gasteiger partial charge in [-0.1, -0.05) is 0 Å². The smallest absolute Gasteiger partial charge is 0.315 e. The molecule has 0 aromatic rings. The molecule has 0 aliphatic carbocycles. The maximum atomic E-state index is 11.5. The summed E-state index contributed by atoms with van der Waals surface area (Å²) in [5.41, 5.74) is -0.372. The predicted octanol–water partition coefficient (Wildman–Crippen LogP) is 0.472. The van der Waals surface area contributed by atoms with E-state index >= 15 is 0 Å². The second-order valence-electron chi connectivity index (χ2n) is 4.68. The first-order chi connectivity index (χ1) is 6.97. The molecule has 5 heteroatoms. The zero-order valence-electron chi connectivity index (χ0n) is 9.50. The monoisotopic (exact) mass is 210 g/mol. The summed E-state index contributed by atoms with van der Waals surface area (Å²) in [7, 11) is 3.88. The fourth-order valence-corrected chi connectivity index (χ4v) is 2.53. The van der Waals surface area contributed by atoms with Gasteiger partial charge in [-0.3, -0.25) is 10.7 Å². The highest BCUT2D eigenvalue weighted by Crippen LogP contribution is 2.34. The molecule has 2 heterocycles. The van der Waals surface area contributed by atoms with E-state index < -0.39 is 0 Å². The number of nitrogens with zero attached hydrogens (tertiary/aromatic N) is 2. The van der Waals surface area contributed by atoms with Gasteiger partial charge in [-0.2, -0.15) is 0 Å². The molecule has 5 nitrogen and oxygen atoms in total. The molecule has 84 valence electrons. The van der Waals surface area contributed by atoms with E-state index in [1.807, 2.05) is 0 Å². The molecule has 2 aliphatic rings. The largest absolute Gasteiger partial charge is 0.323 e. The zero-order valence-corrected chi connectivity index (χ0v) is 9.50. The lowest BCUT2D eigenvalue weighted by molar-refractivity contribution is 0.0959. The molecule has 2 atom stereocenters. The SMILES string of the molecule is CC1CC2(CCN1C)C(=N)NC(=O)N2C.